The molecular weight excluding hydrogens is 320 g/mol. The lowest BCUT2D eigenvalue weighted by atomic mass is 10.0. The van der Waals surface area contributed by atoms with E-state index >= 15 is 0 Å². The molecule has 0 spiro atoms. The molecule has 0 unspecified atom stereocenters. The quantitative estimate of drug-likeness (QED) is 0.514. The van der Waals surface area contributed by atoms with Gasteiger partial charge < -0.3 is 18.9 Å². The summed E-state index contributed by atoms with van der Waals surface area (Å²) in [5.74, 6) is 1.49. The van der Waals surface area contributed by atoms with Gasteiger partial charge in [0.1, 0.15) is 0 Å². The molecule has 0 atom stereocenters. The Morgan fingerprint density at radius 3 is 2.20 bits per heavy atom. The molecule has 0 N–H and O–H groups in total. The number of hydrogen-bond donors (Lipinski definition) is 0. The fourth-order valence-electron chi connectivity index (χ4n) is 2.68. The van der Waals surface area contributed by atoms with Gasteiger partial charge in [-0.3, -0.25) is 4.79 Å². The van der Waals surface area contributed by atoms with Crippen LogP contribution in [0.15, 0.2) is 18.2 Å². The number of esters is 1. The van der Waals surface area contributed by atoms with Crippen LogP contribution >= 0.6 is 0 Å². The van der Waals surface area contributed by atoms with Crippen molar-refractivity contribution in [2.24, 2.45) is 0 Å². The number of methoxy groups -OCH3 is 2. The number of benzene rings is 2. The van der Waals surface area contributed by atoms with Crippen LogP contribution in [0.1, 0.15) is 38.7 Å². The predicted octanol–water partition coefficient (Wildman–Crippen LogP) is 4.66. The Morgan fingerprint density at radius 2 is 1.60 bits per heavy atom. The monoisotopic (exact) mass is 346 g/mol. The lowest BCUT2D eigenvalue weighted by molar-refractivity contribution is -0.134. The van der Waals surface area contributed by atoms with Crippen LogP contribution in [0.2, 0.25) is 0 Å². The molecule has 2 aromatic carbocycles. The molecule has 0 aromatic heterocycles. The summed E-state index contributed by atoms with van der Waals surface area (Å²) in [6, 6.07) is 5.88. The van der Waals surface area contributed by atoms with Crippen LogP contribution in [0.3, 0.4) is 0 Å². The maximum atomic E-state index is 12.1. The van der Waals surface area contributed by atoms with Gasteiger partial charge in [-0.15, -0.1) is 0 Å². The highest BCUT2D eigenvalue weighted by molar-refractivity contribution is 6.00. The first-order valence-corrected chi connectivity index (χ1v) is 8.59. The minimum Gasteiger partial charge on any atom is -0.490 e. The van der Waals surface area contributed by atoms with Crippen molar-refractivity contribution in [3.63, 3.8) is 0 Å². The number of ether oxygens (including phenoxy) is 4. The maximum absolute atomic E-state index is 12.1. The third-order valence-corrected chi connectivity index (χ3v) is 3.81. The SMILES string of the molecule is CCCOc1c(OC)c(OC)c(OC(=O)CCC)c2ccc(C)cc12. The maximum Gasteiger partial charge on any atom is 0.311 e. The summed E-state index contributed by atoms with van der Waals surface area (Å²) in [5, 5.41) is 1.60. The molecule has 2 aromatic rings. The lowest BCUT2D eigenvalue weighted by Crippen LogP contribution is -2.10. The van der Waals surface area contributed by atoms with Crippen molar-refractivity contribution in [2.75, 3.05) is 20.8 Å². The van der Waals surface area contributed by atoms with Gasteiger partial charge in [0.05, 0.1) is 20.8 Å². The van der Waals surface area contributed by atoms with Crippen LogP contribution in [-0.4, -0.2) is 26.8 Å². The van der Waals surface area contributed by atoms with E-state index in [4.69, 9.17) is 18.9 Å². The summed E-state index contributed by atoms with van der Waals surface area (Å²) in [5.41, 5.74) is 1.08. The smallest absolute Gasteiger partial charge is 0.311 e. The first kappa shape index (κ1) is 18.9. The molecular formula is C20H26O5. The van der Waals surface area contributed by atoms with Gasteiger partial charge in [0.25, 0.3) is 0 Å². The molecule has 2 rings (SSSR count). The zero-order valence-electron chi connectivity index (χ0n) is 15.6. The Bertz CT molecular complexity index is 752. The summed E-state index contributed by atoms with van der Waals surface area (Å²) in [4.78, 5) is 12.1. The van der Waals surface area contributed by atoms with Crippen LogP contribution < -0.4 is 18.9 Å². The Labute approximate surface area is 148 Å². The number of carbonyl (C=O) groups excluding carboxylic acids is 1. The van der Waals surface area contributed by atoms with E-state index in [-0.39, 0.29) is 5.97 Å². The van der Waals surface area contributed by atoms with Crippen LogP contribution in [0.25, 0.3) is 10.8 Å². The average Bonchev–Trinajstić information content (AvgIpc) is 2.60. The summed E-state index contributed by atoms with van der Waals surface area (Å²) >= 11 is 0. The molecule has 0 bridgehead atoms. The van der Waals surface area contributed by atoms with E-state index in [9.17, 15) is 4.79 Å². The molecule has 25 heavy (non-hydrogen) atoms. The first-order valence-electron chi connectivity index (χ1n) is 8.59. The Kier molecular flexibility index (Phi) is 6.51. The Balaban J connectivity index is 2.75. The Hall–Kier alpha value is -2.43. The highest BCUT2D eigenvalue weighted by Gasteiger charge is 2.25. The highest BCUT2D eigenvalue weighted by Crippen LogP contribution is 2.51. The fourth-order valence-corrected chi connectivity index (χ4v) is 2.68. The molecule has 136 valence electrons. The molecule has 0 aliphatic carbocycles. The van der Waals surface area contributed by atoms with Gasteiger partial charge >= 0.3 is 5.97 Å². The number of carbonyl (C=O) groups is 1. The van der Waals surface area contributed by atoms with Crippen molar-refractivity contribution in [3.05, 3.63) is 23.8 Å². The second-order valence-electron chi connectivity index (χ2n) is 5.85. The summed E-state index contributed by atoms with van der Waals surface area (Å²) in [7, 11) is 3.08. The topological polar surface area (TPSA) is 54.0 Å². The molecule has 0 aliphatic heterocycles. The predicted molar refractivity (Wildman–Crippen MR) is 98.1 cm³/mol. The second-order valence-corrected chi connectivity index (χ2v) is 5.85. The molecule has 0 amide bonds. The molecule has 0 fully saturated rings. The van der Waals surface area contributed by atoms with E-state index in [1.807, 2.05) is 39.0 Å². The summed E-state index contributed by atoms with van der Waals surface area (Å²) in [6.45, 7) is 6.53. The van der Waals surface area contributed by atoms with Gasteiger partial charge in [0, 0.05) is 17.2 Å². The molecule has 0 saturated carbocycles. The van der Waals surface area contributed by atoms with Crippen molar-refractivity contribution in [1.29, 1.82) is 0 Å². The second kappa shape index (κ2) is 8.60. The van der Waals surface area contributed by atoms with Gasteiger partial charge in [-0.05, 0) is 25.8 Å². The number of hydrogen-bond acceptors (Lipinski definition) is 5. The number of rotatable bonds is 8. The molecule has 0 saturated heterocycles. The average molecular weight is 346 g/mol. The lowest BCUT2D eigenvalue weighted by Gasteiger charge is -2.20. The standard InChI is InChI=1S/C20H26O5/c1-6-8-16(21)25-18-14-10-9-13(3)12-15(14)17(24-11-7-2)19(22-4)20(18)23-5/h9-10,12H,6-8,11H2,1-5H3. The zero-order valence-corrected chi connectivity index (χ0v) is 15.6. The molecule has 0 heterocycles. The van der Waals surface area contributed by atoms with E-state index in [0.717, 1.165) is 22.8 Å². The van der Waals surface area contributed by atoms with Gasteiger partial charge in [-0.1, -0.05) is 31.5 Å². The molecule has 5 heteroatoms. The summed E-state index contributed by atoms with van der Waals surface area (Å²) in [6.07, 6.45) is 1.92. The van der Waals surface area contributed by atoms with Crippen LogP contribution in [0.5, 0.6) is 23.0 Å². The van der Waals surface area contributed by atoms with Gasteiger partial charge in [0.15, 0.2) is 11.5 Å². The molecule has 0 aliphatic rings. The largest absolute Gasteiger partial charge is 0.490 e. The van der Waals surface area contributed by atoms with Crippen LogP contribution in [0.4, 0.5) is 0 Å². The van der Waals surface area contributed by atoms with Crippen molar-refractivity contribution >= 4 is 16.7 Å². The van der Waals surface area contributed by atoms with Crippen molar-refractivity contribution in [2.45, 2.75) is 40.0 Å². The third kappa shape index (κ3) is 3.98. The van der Waals surface area contributed by atoms with E-state index < -0.39 is 0 Å². The van der Waals surface area contributed by atoms with Gasteiger partial charge in [0.2, 0.25) is 11.5 Å². The fraction of sp³-hybridized carbons (Fsp3) is 0.450. The zero-order chi connectivity index (χ0) is 18.4. The van der Waals surface area contributed by atoms with E-state index in [0.29, 0.717) is 42.4 Å². The highest BCUT2D eigenvalue weighted by atomic mass is 16.6. The van der Waals surface area contributed by atoms with Crippen molar-refractivity contribution in [1.82, 2.24) is 0 Å². The number of fused-ring (bicyclic) bond motifs is 1. The van der Waals surface area contributed by atoms with Gasteiger partial charge in [-0.25, -0.2) is 0 Å². The number of aryl methyl sites for hydroxylation is 1. The van der Waals surface area contributed by atoms with E-state index in [1.54, 1.807) is 7.11 Å². The third-order valence-electron chi connectivity index (χ3n) is 3.81. The van der Waals surface area contributed by atoms with Crippen molar-refractivity contribution in [3.8, 4) is 23.0 Å². The van der Waals surface area contributed by atoms with Gasteiger partial charge in [-0.2, -0.15) is 0 Å². The first-order chi connectivity index (χ1) is 12.1. The minimum atomic E-state index is -0.299. The molecule has 0 radical (unpaired) electrons. The van der Waals surface area contributed by atoms with Crippen LogP contribution in [0, 0.1) is 6.92 Å². The minimum absolute atomic E-state index is 0.299. The summed E-state index contributed by atoms with van der Waals surface area (Å²) < 4.78 is 22.7. The van der Waals surface area contributed by atoms with Crippen molar-refractivity contribution < 1.29 is 23.7 Å². The Morgan fingerprint density at radius 1 is 0.920 bits per heavy atom. The molecule has 5 nitrogen and oxygen atoms in total. The normalized spacial score (nSPS) is 10.6. The van der Waals surface area contributed by atoms with E-state index in [1.165, 1.54) is 7.11 Å². The van der Waals surface area contributed by atoms with E-state index in [2.05, 4.69) is 0 Å². The van der Waals surface area contributed by atoms with Crippen LogP contribution in [-0.2, 0) is 4.79 Å².